The van der Waals surface area contributed by atoms with Crippen LogP contribution in [0.5, 0.6) is 5.75 Å². The summed E-state index contributed by atoms with van der Waals surface area (Å²) < 4.78 is 13.2. The van der Waals surface area contributed by atoms with Crippen LogP contribution in [0, 0.1) is 0 Å². The second-order valence-corrected chi connectivity index (χ2v) is 16.4. The Labute approximate surface area is 346 Å². The molecule has 1 aliphatic heterocycles. The summed E-state index contributed by atoms with van der Waals surface area (Å²) in [6, 6.07) is 68.5. The van der Waals surface area contributed by atoms with Gasteiger partial charge in [-0.15, -0.1) is 0 Å². The van der Waals surface area contributed by atoms with Gasteiger partial charge in [-0.2, -0.15) is 0 Å². The molecule has 10 aromatic carbocycles. The smallest absolute Gasteiger partial charge is 0.135 e. The van der Waals surface area contributed by atoms with Crippen LogP contribution in [0.1, 0.15) is 17.0 Å². The minimum absolute atomic E-state index is 0.0420. The van der Waals surface area contributed by atoms with Crippen molar-refractivity contribution in [3.63, 3.8) is 0 Å². The molecule has 2 atom stereocenters. The quantitative estimate of drug-likeness (QED) is 0.167. The predicted molar refractivity (Wildman–Crippen MR) is 251 cm³/mol. The van der Waals surface area contributed by atoms with Gasteiger partial charge in [0.15, 0.2) is 0 Å². The molecule has 2 nitrogen and oxygen atoms in total. The van der Waals surface area contributed by atoms with E-state index in [0.29, 0.717) is 0 Å². The van der Waals surface area contributed by atoms with Gasteiger partial charge in [0.25, 0.3) is 0 Å². The van der Waals surface area contributed by atoms with E-state index in [1.165, 1.54) is 87.6 Å². The van der Waals surface area contributed by atoms with Crippen molar-refractivity contribution in [3.8, 4) is 39.1 Å². The summed E-state index contributed by atoms with van der Waals surface area (Å²) in [6.45, 7) is 0. The summed E-state index contributed by atoms with van der Waals surface area (Å²) in [5.41, 5.74) is 12.6. The van der Waals surface area contributed by atoms with Crippen molar-refractivity contribution in [2.75, 3.05) is 0 Å². The minimum Gasteiger partial charge on any atom is -0.485 e. The van der Waals surface area contributed by atoms with Crippen molar-refractivity contribution in [1.82, 2.24) is 0 Å². The zero-order valence-electron chi connectivity index (χ0n) is 32.6. The Hall–Kier alpha value is -7.68. The van der Waals surface area contributed by atoms with Crippen LogP contribution in [-0.4, -0.2) is 6.10 Å². The molecule has 280 valence electrons. The summed E-state index contributed by atoms with van der Waals surface area (Å²) in [7, 11) is 0. The van der Waals surface area contributed by atoms with Crippen LogP contribution in [0.25, 0.3) is 104 Å². The number of benzene rings is 10. The largest absolute Gasteiger partial charge is 0.485 e. The van der Waals surface area contributed by atoms with Gasteiger partial charge in [-0.3, -0.25) is 0 Å². The van der Waals surface area contributed by atoms with Gasteiger partial charge >= 0.3 is 0 Å². The Kier molecular flexibility index (Phi) is 7.17. The lowest BCUT2D eigenvalue weighted by Crippen LogP contribution is -2.16. The summed E-state index contributed by atoms with van der Waals surface area (Å²) in [6.07, 6.45) is 6.76. The molecule has 1 aromatic heterocycles. The van der Waals surface area contributed by atoms with E-state index in [1.54, 1.807) is 0 Å². The normalized spacial score (nSPS) is 15.8. The van der Waals surface area contributed by atoms with Gasteiger partial charge in [-0.1, -0.05) is 152 Å². The monoisotopic (exact) mass is 764 g/mol. The fourth-order valence-corrected chi connectivity index (χ4v) is 9.85. The van der Waals surface area contributed by atoms with Gasteiger partial charge in [0.05, 0.1) is 0 Å². The summed E-state index contributed by atoms with van der Waals surface area (Å²) in [5, 5.41) is 12.3. The van der Waals surface area contributed by atoms with Crippen LogP contribution >= 0.6 is 0 Å². The molecule has 2 heteroatoms. The molecular weight excluding hydrogens is 729 g/mol. The Balaban J connectivity index is 0.801. The predicted octanol–water partition coefficient (Wildman–Crippen LogP) is 15.7. The van der Waals surface area contributed by atoms with E-state index in [0.717, 1.165) is 33.3 Å². The third kappa shape index (κ3) is 5.28. The topological polar surface area (TPSA) is 22.4 Å². The van der Waals surface area contributed by atoms with Crippen molar-refractivity contribution >= 4 is 70.6 Å². The number of ether oxygens (including phenoxy) is 1. The fourth-order valence-electron chi connectivity index (χ4n) is 9.85. The molecule has 0 fully saturated rings. The third-order valence-electron chi connectivity index (χ3n) is 13.0. The fraction of sp³-hybridized carbons (Fsp3) is 0.0345. The maximum atomic E-state index is 6.63. The SMILES string of the molecule is C1=CC2Oc3cc4c(cc3C2C=C1c1ccc(-c2cc3ccccc3c3ccccc23)cc1)oc1ccc(-c2ccc3cc(-c5ccc6ccccc6c5)ccc3c2)cc14. The van der Waals surface area contributed by atoms with E-state index in [9.17, 15) is 0 Å². The lowest BCUT2D eigenvalue weighted by Gasteiger charge is -2.19. The maximum Gasteiger partial charge on any atom is 0.135 e. The van der Waals surface area contributed by atoms with Crippen molar-refractivity contribution in [2.45, 2.75) is 12.0 Å². The molecule has 0 saturated carbocycles. The first-order valence-electron chi connectivity index (χ1n) is 20.8. The van der Waals surface area contributed by atoms with Crippen LogP contribution < -0.4 is 4.74 Å². The molecule has 0 radical (unpaired) electrons. The average molecular weight is 765 g/mol. The summed E-state index contributed by atoms with van der Waals surface area (Å²) in [4.78, 5) is 0. The van der Waals surface area contributed by atoms with E-state index in [-0.39, 0.29) is 12.0 Å². The first-order chi connectivity index (χ1) is 29.7. The lowest BCUT2D eigenvalue weighted by molar-refractivity contribution is 0.269. The molecule has 11 aromatic rings. The van der Waals surface area contributed by atoms with Gasteiger partial charge in [-0.25, -0.2) is 0 Å². The molecule has 60 heavy (non-hydrogen) atoms. The highest BCUT2D eigenvalue weighted by Crippen LogP contribution is 2.47. The maximum absolute atomic E-state index is 6.63. The number of furan rings is 1. The van der Waals surface area contributed by atoms with Crippen LogP contribution in [0.15, 0.2) is 211 Å². The molecule has 0 N–H and O–H groups in total. The van der Waals surface area contributed by atoms with Gasteiger partial charge in [0.2, 0.25) is 0 Å². The van der Waals surface area contributed by atoms with Crippen molar-refractivity contribution in [1.29, 1.82) is 0 Å². The van der Waals surface area contributed by atoms with Gasteiger partial charge < -0.3 is 9.15 Å². The zero-order valence-corrected chi connectivity index (χ0v) is 32.6. The number of allylic oxidation sites excluding steroid dienone is 2. The highest BCUT2D eigenvalue weighted by atomic mass is 16.5. The number of hydrogen-bond acceptors (Lipinski definition) is 2. The van der Waals surface area contributed by atoms with E-state index in [2.05, 4.69) is 206 Å². The van der Waals surface area contributed by atoms with Gasteiger partial charge in [0, 0.05) is 22.3 Å². The first-order valence-corrected chi connectivity index (χ1v) is 20.8. The molecule has 2 aliphatic rings. The average Bonchev–Trinajstić information content (AvgIpc) is 3.86. The minimum atomic E-state index is -0.0420. The summed E-state index contributed by atoms with van der Waals surface area (Å²) >= 11 is 0. The molecular formula is C58H36O2. The second kappa shape index (κ2) is 12.9. The van der Waals surface area contributed by atoms with E-state index in [4.69, 9.17) is 9.15 Å². The Morgan fingerprint density at radius 1 is 0.367 bits per heavy atom. The molecule has 0 spiro atoms. The Bertz CT molecular complexity index is 3640. The van der Waals surface area contributed by atoms with Crippen LogP contribution in [0.3, 0.4) is 0 Å². The molecule has 2 heterocycles. The van der Waals surface area contributed by atoms with Gasteiger partial charge in [0.1, 0.15) is 23.0 Å². The molecule has 0 saturated heterocycles. The van der Waals surface area contributed by atoms with Gasteiger partial charge in [-0.05, 0) is 142 Å². The van der Waals surface area contributed by atoms with Crippen molar-refractivity contribution in [3.05, 3.63) is 217 Å². The molecule has 0 amide bonds. The Morgan fingerprint density at radius 2 is 0.933 bits per heavy atom. The zero-order chi connectivity index (χ0) is 39.3. The standard InChI is InChI=1S/C58H36O2/c1-2-8-38-27-39(18-15-35(38)7-1)40-19-20-42-29-43(22-21-41(42)28-40)45-24-26-56-52(31-45)54-34-57-53(33-58(54)60-56)51-30-44(23-25-55(51)59-57)36-13-16-37(17-14-36)50-32-46-9-3-4-10-47(46)48-11-5-6-12-49(48)50/h1-34,51,55H. The van der Waals surface area contributed by atoms with Crippen LogP contribution in [0.2, 0.25) is 0 Å². The molecule has 2 unspecified atom stereocenters. The molecule has 0 bridgehead atoms. The lowest BCUT2D eigenvalue weighted by atomic mass is 9.86. The van der Waals surface area contributed by atoms with Crippen molar-refractivity contribution in [2.24, 2.45) is 0 Å². The van der Waals surface area contributed by atoms with Crippen molar-refractivity contribution < 1.29 is 9.15 Å². The van der Waals surface area contributed by atoms with E-state index >= 15 is 0 Å². The van der Waals surface area contributed by atoms with Crippen LogP contribution in [0.4, 0.5) is 0 Å². The highest BCUT2D eigenvalue weighted by Gasteiger charge is 2.34. The number of rotatable bonds is 4. The van der Waals surface area contributed by atoms with Crippen LogP contribution in [-0.2, 0) is 0 Å². The van der Waals surface area contributed by atoms with E-state index in [1.807, 2.05) is 0 Å². The first kappa shape index (κ1) is 33.3. The number of hydrogen-bond donors (Lipinski definition) is 0. The molecule has 13 rings (SSSR count). The molecule has 1 aliphatic carbocycles. The second-order valence-electron chi connectivity index (χ2n) is 16.4. The van der Waals surface area contributed by atoms with E-state index < -0.39 is 0 Å². The third-order valence-corrected chi connectivity index (χ3v) is 13.0. The number of fused-ring (bicyclic) bond motifs is 11. The highest BCUT2D eigenvalue weighted by molar-refractivity contribution is 6.14. The Morgan fingerprint density at radius 3 is 1.70 bits per heavy atom. The summed E-state index contributed by atoms with van der Waals surface area (Å²) in [5.74, 6) is 1.04.